The number of para-hydroxylation sites is 1. The van der Waals surface area contributed by atoms with Crippen LogP contribution in [0.25, 0.3) is 0 Å². The second kappa shape index (κ2) is 7.43. The average molecular weight is 324 g/mol. The van der Waals surface area contributed by atoms with Crippen molar-refractivity contribution in [2.45, 2.75) is 32.6 Å². The number of fused-ring (bicyclic) bond motifs is 1. The highest BCUT2D eigenvalue weighted by Gasteiger charge is 2.23. The minimum absolute atomic E-state index is 0.0232. The molecule has 5 heteroatoms. The first-order valence-electron chi connectivity index (χ1n) is 8.63. The molecule has 2 heterocycles. The molecule has 126 valence electrons. The van der Waals surface area contributed by atoms with E-state index in [4.69, 9.17) is 0 Å². The maximum Gasteiger partial charge on any atom is 0.261 e. The first kappa shape index (κ1) is 16.4. The topological polar surface area (TPSA) is 49.3 Å². The third kappa shape index (κ3) is 3.40. The lowest BCUT2D eigenvalue weighted by Crippen LogP contribution is -2.35. The summed E-state index contributed by atoms with van der Waals surface area (Å²) in [5.41, 5.74) is 2.78. The highest BCUT2D eigenvalue weighted by Crippen LogP contribution is 2.27. The van der Waals surface area contributed by atoms with Gasteiger partial charge in [-0.2, -0.15) is 0 Å². The van der Waals surface area contributed by atoms with Gasteiger partial charge in [-0.3, -0.25) is 4.79 Å². The van der Waals surface area contributed by atoms with Gasteiger partial charge in [0.1, 0.15) is 0 Å². The lowest BCUT2D eigenvalue weighted by molar-refractivity contribution is 0.0984. The van der Waals surface area contributed by atoms with Crippen LogP contribution in [-0.2, 0) is 6.42 Å². The smallest absolute Gasteiger partial charge is 0.261 e. The SMILES string of the molecule is CCCCN(C)c1ncc(C(=O)N2CCCc3ccccc32)cn1. The molecular formula is C19H24N4O. The van der Waals surface area contributed by atoms with Crippen LogP contribution >= 0.6 is 0 Å². The molecule has 1 aromatic carbocycles. The van der Waals surface area contributed by atoms with E-state index in [2.05, 4.69) is 23.0 Å². The fourth-order valence-corrected chi connectivity index (χ4v) is 3.02. The van der Waals surface area contributed by atoms with Crippen LogP contribution in [0.15, 0.2) is 36.7 Å². The molecule has 3 rings (SSSR count). The Balaban J connectivity index is 1.77. The van der Waals surface area contributed by atoms with Gasteiger partial charge in [-0.15, -0.1) is 0 Å². The van der Waals surface area contributed by atoms with Crippen molar-refractivity contribution in [2.75, 3.05) is 29.9 Å². The number of carbonyl (C=O) groups excluding carboxylic acids is 1. The number of hydrogen-bond acceptors (Lipinski definition) is 4. The summed E-state index contributed by atoms with van der Waals surface area (Å²) in [6, 6.07) is 8.11. The van der Waals surface area contributed by atoms with Gasteiger partial charge in [0.15, 0.2) is 0 Å². The number of rotatable bonds is 5. The molecule has 0 radical (unpaired) electrons. The molecule has 5 nitrogen and oxygen atoms in total. The van der Waals surface area contributed by atoms with Crippen LogP contribution in [-0.4, -0.2) is 36.0 Å². The third-order valence-electron chi connectivity index (χ3n) is 4.43. The summed E-state index contributed by atoms with van der Waals surface area (Å²) in [4.78, 5) is 25.5. The van der Waals surface area contributed by atoms with Gasteiger partial charge >= 0.3 is 0 Å². The fraction of sp³-hybridized carbons (Fsp3) is 0.421. The Morgan fingerprint density at radius 3 is 2.75 bits per heavy atom. The Hall–Kier alpha value is -2.43. The van der Waals surface area contributed by atoms with E-state index >= 15 is 0 Å². The number of anilines is 2. The number of amides is 1. The Labute approximate surface area is 143 Å². The van der Waals surface area contributed by atoms with Crippen LogP contribution < -0.4 is 9.80 Å². The Morgan fingerprint density at radius 1 is 1.25 bits per heavy atom. The second-order valence-electron chi connectivity index (χ2n) is 6.24. The van der Waals surface area contributed by atoms with E-state index in [1.54, 1.807) is 12.4 Å². The molecule has 0 bridgehead atoms. The first-order chi connectivity index (χ1) is 11.7. The molecule has 0 fully saturated rings. The predicted molar refractivity (Wildman–Crippen MR) is 96.6 cm³/mol. The van der Waals surface area contributed by atoms with Gasteiger partial charge in [0.05, 0.1) is 5.56 Å². The van der Waals surface area contributed by atoms with Crippen molar-refractivity contribution in [3.63, 3.8) is 0 Å². The summed E-state index contributed by atoms with van der Waals surface area (Å²) in [5.74, 6) is 0.643. The maximum atomic E-state index is 12.8. The van der Waals surface area contributed by atoms with Crippen LogP contribution in [0.3, 0.4) is 0 Å². The third-order valence-corrected chi connectivity index (χ3v) is 4.43. The average Bonchev–Trinajstić information content (AvgIpc) is 2.65. The van der Waals surface area contributed by atoms with Crippen LogP contribution in [0.2, 0.25) is 0 Å². The van der Waals surface area contributed by atoms with E-state index in [1.165, 1.54) is 5.56 Å². The van der Waals surface area contributed by atoms with Crippen LogP contribution in [0, 0.1) is 0 Å². The highest BCUT2D eigenvalue weighted by atomic mass is 16.2. The normalized spacial score (nSPS) is 13.5. The van der Waals surface area contributed by atoms with Gasteiger partial charge in [0.2, 0.25) is 5.95 Å². The fourth-order valence-electron chi connectivity index (χ4n) is 3.02. The lowest BCUT2D eigenvalue weighted by Gasteiger charge is -2.29. The minimum atomic E-state index is -0.0232. The molecule has 0 N–H and O–H groups in total. The quantitative estimate of drug-likeness (QED) is 0.847. The summed E-state index contributed by atoms with van der Waals surface area (Å²) in [6.45, 7) is 3.82. The molecule has 0 spiro atoms. The van der Waals surface area contributed by atoms with Gasteiger partial charge in [-0.1, -0.05) is 31.5 Å². The van der Waals surface area contributed by atoms with E-state index in [9.17, 15) is 4.79 Å². The zero-order chi connectivity index (χ0) is 16.9. The summed E-state index contributed by atoms with van der Waals surface area (Å²) in [6.07, 6.45) is 7.54. The maximum absolute atomic E-state index is 12.8. The molecule has 0 atom stereocenters. The Bertz CT molecular complexity index is 699. The van der Waals surface area contributed by atoms with Gasteiger partial charge in [0, 0.05) is 38.2 Å². The predicted octanol–water partition coefficient (Wildman–Crippen LogP) is 3.31. The summed E-state index contributed by atoms with van der Waals surface area (Å²) in [5, 5.41) is 0. The van der Waals surface area contributed by atoms with Crippen molar-refractivity contribution in [3.8, 4) is 0 Å². The van der Waals surface area contributed by atoms with Crippen molar-refractivity contribution in [2.24, 2.45) is 0 Å². The zero-order valence-electron chi connectivity index (χ0n) is 14.4. The first-order valence-corrected chi connectivity index (χ1v) is 8.63. The minimum Gasteiger partial charge on any atom is -0.344 e. The molecule has 1 aliphatic heterocycles. The van der Waals surface area contributed by atoms with Crippen LogP contribution in [0.1, 0.15) is 42.1 Å². The van der Waals surface area contributed by atoms with Gasteiger partial charge in [-0.05, 0) is 30.9 Å². The Kier molecular flexibility index (Phi) is 5.08. The van der Waals surface area contributed by atoms with Gasteiger partial charge < -0.3 is 9.80 Å². The molecule has 0 saturated carbocycles. The summed E-state index contributed by atoms with van der Waals surface area (Å²) >= 11 is 0. The van der Waals surface area contributed by atoms with Gasteiger partial charge in [0.25, 0.3) is 5.91 Å². The number of benzene rings is 1. The summed E-state index contributed by atoms with van der Waals surface area (Å²) in [7, 11) is 1.98. The molecule has 1 aliphatic rings. The van der Waals surface area contributed by atoms with Crippen LogP contribution in [0.4, 0.5) is 11.6 Å². The molecule has 2 aromatic rings. The molecule has 0 saturated heterocycles. The molecule has 1 amide bonds. The van der Waals surface area contributed by atoms with Crippen molar-refractivity contribution < 1.29 is 4.79 Å². The number of nitrogens with zero attached hydrogens (tertiary/aromatic N) is 4. The van der Waals surface area contributed by atoms with E-state index in [1.807, 2.05) is 35.0 Å². The van der Waals surface area contributed by atoms with Crippen molar-refractivity contribution in [3.05, 3.63) is 47.8 Å². The summed E-state index contributed by atoms with van der Waals surface area (Å²) < 4.78 is 0. The van der Waals surface area contributed by atoms with Crippen molar-refractivity contribution in [1.29, 1.82) is 0 Å². The lowest BCUT2D eigenvalue weighted by atomic mass is 10.0. The molecule has 0 unspecified atom stereocenters. The second-order valence-corrected chi connectivity index (χ2v) is 6.24. The molecular weight excluding hydrogens is 300 g/mol. The number of aromatic nitrogens is 2. The van der Waals surface area contributed by atoms with Crippen molar-refractivity contribution in [1.82, 2.24) is 9.97 Å². The van der Waals surface area contributed by atoms with Crippen LogP contribution in [0.5, 0.6) is 0 Å². The van der Waals surface area contributed by atoms with Gasteiger partial charge in [-0.25, -0.2) is 9.97 Å². The van der Waals surface area contributed by atoms with Crippen molar-refractivity contribution >= 4 is 17.5 Å². The molecule has 1 aromatic heterocycles. The largest absolute Gasteiger partial charge is 0.344 e. The van der Waals surface area contributed by atoms with E-state index in [0.29, 0.717) is 11.5 Å². The molecule has 24 heavy (non-hydrogen) atoms. The Morgan fingerprint density at radius 2 is 2.00 bits per heavy atom. The zero-order valence-corrected chi connectivity index (χ0v) is 14.4. The number of unbranched alkanes of at least 4 members (excludes halogenated alkanes) is 1. The number of aryl methyl sites for hydroxylation is 1. The number of carbonyl (C=O) groups is 1. The monoisotopic (exact) mass is 324 g/mol. The number of hydrogen-bond donors (Lipinski definition) is 0. The van der Waals surface area contributed by atoms with E-state index in [-0.39, 0.29) is 5.91 Å². The standard InChI is InChI=1S/C19H24N4O/c1-3-4-11-22(2)19-20-13-16(14-21-19)18(24)23-12-7-9-15-8-5-6-10-17(15)23/h5-6,8,10,13-14H,3-4,7,9,11-12H2,1-2H3. The van der Waals surface area contributed by atoms with E-state index in [0.717, 1.165) is 44.5 Å². The highest BCUT2D eigenvalue weighted by molar-refractivity contribution is 6.06. The van der Waals surface area contributed by atoms with E-state index < -0.39 is 0 Å². The molecule has 0 aliphatic carbocycles.